The van der Waals surface area contributed by atoms with Gasteiger partial charge in [0, 0.05) is 10.0 Å². The van der Waals surface area contributed by atoms with Crippen molar-refractivity contribution in [2.75, 3.05) is 7.11 Å². The highest BCUT2D eigenvalue weighted by atomic mass is 79.9. The third kappa shape index (κ3) is 3.37. The molecule has 3 rings (SSSR count). The number of hydrogen-bond donors (Lipinski definition) is 0. The van der Waals surface area contributed by atoms with Crippen LogP contribution in [0, 0.1) is 6.92 Å². The van der Waals surface area contributed by atoms with Gasteiger partial charge >= 0.3 is 5.97 Å². The Labute approximate surface area is 143 Å². The summed E-state index contributed by atoms with van der Waals surface area (Å²) in [5.41, 5.74) is 3.34. The molecule has 1 aliphatic heterocycles. The van der Waals surface area contributed by atoms with Crippen LogP contribution >= 0.6 is 15.9 Å². The average Bonchev–Trinajstić information content (AvgIpc) is 2.91. The van der Waals surface area contributed by atoms with E-state index in [1.165, 1.54) is 0 Å². The number of halogens is 1. The zero-order valence-electron chi connectivity index (χ0n) is 12.8. The summed E-state index contributed by atoms with van der Waals surface area (Å²) in [5.74, 6) is 1.01. The quantitative estimate of drug-likeness (QED) is 0.577. The minimum absolute atomic E-state index is 0.345. The van der Waals surface area contributed by atoms with Crippen LogP contribution in [0.3, 0.4) is 0 Å². The highest BCUT2D eigenvalue weighted by molar-refractivity contribution is 9.10. The largest absolute Gasteiger partial charge is 0.496 e. The van der Waals surface area contributed by atoms with Gasteiger partial charge in [0.1, 0.15) is 11.5 Å². The van der Waals surface area contributed by atoms with Crippen molar-refractivity contribution in [2.24, 2.45) is 0 Å². The Bertz CT molecular complexity index is 817. The monoisotopic (exact) mass is 370 g/mol. The fourth-order valence-corrected chi connectivity index (χ4v) is 2.62. The summed E-state index contributed by atoms with van der Waals surface area (Å²) in [6.45, 7) is 1.98. The normalized spacial score (nSPS) is 15.5. The molecule has 23 heavy (non-hydrogen) atoms. The molecule has 3 nitrogen and oxygen atoms in total. The van der Waals surface area contributed by atoms with Crippen LogP contribution in [0.4, 0.5) is 0 Å². The molecule has 116 valence electrons. The van der Waals surface area contributed by atoms with E-state index in [1.807, 2.05) is 49.4 Å². The zero-order chi connectivity index (χ0) is 16.4. The Balaban J connectivity index is 1.93. The summed E-state index contributed by atoms with van der Waals surface area (Å²) in [4.78, 5) is 12.1. The SMILES string of the molecule is COc1cc(C=C2C=C(c3ccc(Br)cc3)OC2=O)ccc1C. The Kier molecular flexibility index (Phi) is 4.35. The van der Waals surface area contributed by atoms with Crippen molar-refractivity contribution < 1.29 is 14.3 Å². The molecule has 0 fully saturated rings. The van der Waals surface area contributed by atoms with Crippen LogP contribution in [-0.4, -0.2) is 13.1 Å². The molecule has 2 aromatic rings. The van der Waals surface area contributed by atoms with Crippen molar-refractivity contribution in [1.82, 2.24) is 0 Å². The highest BCUT2D eigenvalue weighted by Gasteiger charge is 2.21. The molecule has 0 saturated heterocycles. The summed E-state index contributed by atoms with van der Waals surface area (Å²) in [7, 11) is 1.63. The smallest absolute Gasteiger partial charge is 0.343 e. The number of cyclic esters (lactones) is 1. The number of carbonyl (C=O) groups is 1. The number of esters is 1. The number of carbonyl (C=O) groups excluding carboxylic acids is 1. The highest BCUT2D eigenvalue weighted by Crippen LogP contribution is 2.29. The lowest BCUT2D eigenvalue weighted by Crippen LogP contribution is -1.97. The standard InChI is InChI=1S/C19H15BrO3/c1-12-3-4-13(10-17(12)22-2)9-15-11-18(23-19(15)21)14-5-7-16(20)8-6-14/h3-11H,1-2H3. The van der Waals surface area contributed by atoms with Crippen molar-refractivity contribution in [3.8, 4) is 5.75 Å². The van der Waals surface area contributed by atoms with E-state index in [1.54, 1.807) is 19.3 Å². The van der Waals surface area contributed by atoms with Crippen LogP contribution in [0.5, 0.6) is 5.75 Å². The van der Waals surface area contributed by atoms with E-state index in [4.69, 9.17) is 9.47 Å². The summed E-state index contributed by atoms with van der Waals surface area (Å²) < 4.78 is 11.7. The number of aryl methyl sites for hydroxylation is 1. The molecule has 0 atom stereocenters. The fraction of sp³-hybridized carbons (Fsp3) is 0.105. The molecule has 0 unspecified atom stereocenters. The fourth-order valence-electron chi connectivity index (χ4n) is 2.35. The molecule has 0 radical (unpaired) electrons. The number of hydrogen-bond acceptors (Lipinski definition) is 3. The maximum Gasteiger partial charge on any atom is 0.343 e. The van der Waals surface area contributed by atoms with Gasteiger partial charge in [-0.3, -0.25) is 0 Å². The van der Waals surface area contributed by atoms with Gasteiger partial charge in [-0.05, 0) is 48.4 Å². The zero-order valence-corrected chi connectivity index (χ0v) is 14.4. The first-order valence-corrected chi connectivity index (χ1v) is 7.92. The van der Waals surface area contributed by atoms with Gasteiger partial charge in [0.25, 0.3) is 0 Å². The second-order valence-corrected chi connectivity index (χ2v) is 6.15. The van der Waals surface area contributed by atoms with E-state index < -0.39 is 0 Å². The molecule has 0 bridgehead atoms. The maximum atomic E-state index is 12.1. The number of ether oxygens (including phenoxy) is 2. The van der Waals surface area contributed by atoms with E-state index in [0.29, 0.717) is 11.3 Å². The third-order valence-electron chi connectivity index (χ3n) is 3.61. The lowest BCUT2D eigenvalue weighted by molar-refractivity contribution is -0.130. The van der Waals surface area contributed by atoms with Gasteiger partial charge in [-0.2, -0.15) is 0 Å². The molecule has 0 aliphatic carbocycles. The van der Waals surface area contributed by atoms with Crippen LogP contribution in [-0.2, 0) is 9.53 Å². The van der Waals surface area contributed by atoms with E-state index in [-0.39, 0.29) is 5.97 Å². The van der Waals surface area contributed by atoms with Crippen LogP contribution in [0.2, 0.25) is 0 Å². The summed E-state index contributed by atoms with van der Waals surface area (Å²) in [6.07, 6.45) is 3.56. The Hall–Kier alpha value is -2.33. The molecule has 0 spiro atoms. The van der Waals surface area contributed by atoms with E-state index in [2.05, 4.69) is 15.9 Å². The van der Waals surface area contributed by atoms with Crippen LogP contribution in [0.15, 0.2) is 58.6 Å². The van der Waals surface area contributed by atoms with Gasteiger partial charge in [0.15, 0.2) is 0 Å². The van der Waals surface area contributed by atoms with E-state index in [9.17, 15) is 4.79 Å². The van der Waals surface area contributed by atoms with Gasteiger partial charge in [0.05, 0.1) is 12.7 Å². The van der Waals surface area contributed by atoms with Crippen molar-refractivity contribution >= 4 is 33.7 Å². The molecule has 2 aromatic carbocycles. The molecule has 0 amide bonds. The molecule has 1 heterocycles. The van der Waals surface area contributed by atoms with Crippen LogP contribution in [0.1, 0.15) is 16.7 Å². The second-order valence-electron chi connectivity index (χ2n) is 5.23. The Morgan fingerprint density at radius 3 is 2.57 bits per heavy atom. The van der Waals surface area contributed by atoms with Crippen molar-refractivity contribution in [3.63, 3.8) is 0 Å². The Morgan fingerprint density at radius 1 is 1.13 bits per heavy atom. The summed E-state index contributed by atoms with van der Waals surface area (Å²) in [5, 5.41) is 0. The first-order valence-electron chi connectivity index (χ1n) is 7.13. The van der Waals surface area contributed by atoms with Gasteiger partial charge in [-0.15, -0.1) is 0 Å². The molecule has 1 aliphatic rings. The molecule has 4 heteroatoms. The van der Waals surface area contributed by atoms with E-state index >= 15 is 0 Å². The van der Waals surface area contributed by atoms with Crippen LogP contribution in [0.25, 0.3) is 11.8 Å². The van der Waals surface area contributed by atoms with Crippen molar-refractivity contribution in [3.05, 3.63) is 75.3 Å². The number of benzene rings is 2. The summed E-state index contributed by atoms with van der Waals surface area (Å²) >= 11 is 3.39. The molecular weight excluding hydrogens is 356 g/mol. The van der Waals surface area contributed by atoms with Gasteiger partial charge in [0.2, 0.25) is 0 Å². The number of methoxy groups -OCH3 is 1. The average molecular weight is 371 g/mol. The predicted octanol–water partition coefficient (Wildman–Crippen LogP) is 4.75. The minimum Gasteiger partial charge on any atom is -0.496 e. The third-order valence-corrected chi connectivity index (χ3v) is 4.14. The van der Waals surface area contributed by atoms with Crippen molar-refractivity contribution in [1.29, 1.82) is 0 Å². The lowest BCUT2D eigenvalue weighted by atomic mass is 10.1. The second kappa shape index (κ2) is 6.42. The molecule has 0 aromatic heterocycles. The minimum atomic E-state index is -0.345. The maximum absolute atomic E-state index is 12.1. The molecular formula is C19H15BrO3. The van der Waals surface area contributed by atoms with Crippen molar-refractivity contribution in [2.45, 2.75) is 6.92 Å². The van der Waals surface area contributed by atoms with Gasteiger partial charge in [-0.1, -0.05) is 40.2 Å². The first kappa shape index (κ1) is 15.6. The topological polar surface area (TPSA) is 35.5 Å². The number of rotatable bonds is 3. The first-order chi connectivity index (χ1) is 11.1. The van der Waals surface area contributed by atoms with Gasteiger partial charge in [-0.25, -0.2) is 4.79 Å². The van der Waals surface area contributed by atoms with Crippen LogP contribution < -0.4 is 4.74 Å². The van der Waals surface area contributed by atoms with E-state index in [0.717, 1.165) is 26.9 Å². The Morgan fingerprint density at radius 2 is 1.87 bits per heavy atom. The van der Waals surface area contributed by atoms with Gasteiger partial charge < -0.3 is 9.47 Å². The summed E-state index contributed by atoms with van der Waals surface area (Å²) in [6, 6.07) is 13.4. The molecule has 0 saturated carbocycles. The molecule has 0 N–H and O–H groups in total. The predicted molar refractivity (Wildman–Crippen MR) is 93.9 cm³/mol. The lowest BCUT2D eigenvalue weighted by Gasteiger charge is -2.05.